The number of ether oxygens (including phenoxy) is 1. The average Bonchev–Trinajstić information content (AvgIpc) is 2.47. The number of methoxy groups -OCH3 is 1. The van der Waals surface area contributed by atoms with Crippen LogP contribution in [0.4, 0.5) is 4.39 Å². The van der Waals surface area contributed by atoms with Crippen LogP contribution in [0.5, 0.6) is 5.75 Å². The molecule has 0 saturated carbocycles. The van der Waals surface area contributed by atoms with Crippen molar-refractivity contribution in [3.05, 3.63) is 63.4 Å². The molecule has 2 aromatic rings. The second-order valence-corrected chi connectivity index (χ2v) is 5.39. The Morgan fingerprint density at radius 3 is 2.57 bits per heavy atom. The summed E-state index contributed by atoms with van der Waals surface area (Å²) in [6.07, 6.45) is 0. The molecule has 1 N–H and O–H groups in total. The zero-order chi connectivity index (χ0) is 15.4. The fraction of sp³-hybridized carbons (Fsp3) is 0.250. The van der Waals surface area contributed by atoms with Gasteiger partial charge in [-0.2, -0.15) is 0 Å². The van der Waals surface area contributed by atoms with Gasteiger partial charge in [0, 0.05) is 10.0 Å². The molecule has 1 unspecified atom stereocenters. The third-order valence-corrected chi connectivity index (χ3v) is 3.77. The van der Waals surface area contributed by atoms with Crippen LogP contribution < -0.4 is 10.1 Å². The molecule has 0 amide bonds. The molecule has 0 spiro atoms. The van der Waals surface area contributed by atoms with E-state index in [4.69, 9.17) is 27.9 Å². The van der Waals surface area contributed by atoms with Crippen molar-refractivity contribution in [2.45, 2.75) is 13.0 Å². The van der Waals surface area contributed by atoms with Gasteiger partial charge >= 0.3 is 0 Å². The van der Waals surface area contributed by atoms with E-state index in [9.17, 15) is 4.39 Å². The van der Waals surface area contributed by atoms with Crippen LogP contribution in [0, 0.1) is 5.82 Å². The van der Waals surface area contributed by atoms with E-state index in [1.165, 1.54) is 13.2 Å². The SMILES string of the molecule is CCNC(c1ccc(OC)c(F)c1)c1cc(Cl)ccc1Cl. The maximum atomic E-state index is 13.9. The van der Waals surface area contributed by atoms with E-state index < -0.39 is 5.82 Å². The van der Waals surface area contributed by atoms with Crippen LogP contribution in [0.2, 0.25) is 10.0 Å². The molecule has 2 nitrogen and oxygen atoms in total. The Bertz CT molecular complexity index is 634. The summed E-state index contributed by atoms with van der Waals surface area (Å²) < 4.78 is 18.9. The standard InChI is InChI=1S/C16H16Cl2FNO/c1-3-20-16(12-9-11(17)5-6-13(12)18)10-4-7-15(21-2)14(19)8-10/h4-9,16,20H,3H2,1-2H3. The second kappa shape index (κ2) is 7.12. The van der Waals surface area contributed by atoms with Crippen molar-refractivity contribution in [2.75, 3.05) is 13.7 Å². The third kappa shape index (κ3) is 3.67. The Labute approximate surface area is 133 Å². The number of hydrogen-bond donors (Lipinski definition) is 1. The Hall–Kier alpha value is -1.29. The first kappa shape index (κ1) is 16.1. The normalized spacial score (nSPS) is 12.2. The molecule has 2 rings (SSSR count). The van der Waals surface area contributed by atoms with E-state index in [2.05, 4.69) is 5.32 Å². The van der Waals surface area contributed by atoms with E-state index in [-0.39, 0.29) is 11.8 Å². The zero-order valence-corrected chi connectivity index (χ0v) is 13.3. The Kier molecular flexibility index (Phi) is 5.45. The van der Waals surface area contributed by atoms with Gasteiger partial charge in [0.2, 0.25) is 0 Å². The van der Waals surface area contributed by atoms with Crippen molar-refractivity contribution in [3.63, 3.8) is 0 Å². The minimum atomic E-state index is -0.406. The number of nitrogens with one attached hydrogen (secondary N) is 1. The van der Waals surface area contributed by atoms with Gasteiger partial charge in [0.25, 0.3) is 0 Å². The van der Waals surface area contributed by atoms with Gasteiger partial charge in [-0.1, -0.05) is 36.2 Å². The van der Waals surface area contributed by atoms with Crippen LogP contribution in [0.25, 0.3) is 0 Å². The number of rotatable bonds is 5. The van der Waals surface area contributed by atoms with Gasteiger partial charge in [-0.3, -0.25) is 0 Å². The molecule has 112 valence electrons. The first-order valence-electron chi connectivity index (χ1n) is 6.58. The molecule has 0 aliphatic rings. The third-order valence-electron chi connectivity index (χ3n) is 3.19. The summed E-state index contributed by atoms with van der Waals surface area (Å²) in [4.78, 5) is 0. The smallest absolute Gasteiger partial charge is 0.165 e. The first-order valence-corrected chi connectivity index (χ1v) is 7.34. The molecule has 0 aliphatic heterocycles. The van der Waals surface area contributed by atoms with E-state index in [0.717, 1.165) is 11.1 Å². The number of halogens is 3. The molecule has 0 bridgehead atoms. The Morgan fingerprint density at radius 1 is 1.19 bits per heavy atom. The van der Waals surface area contributed by atoms with Crippen LogP contribution in [0.15, 0.2) is 36.4 Å². The monoisotopic (exact) mass is 327 g/mol. The van der Waals surface area contributed by atoms with Gasteiger partial charge in [-0.15, -0.1) is 0 Å². The van der Waals surface area contributed by atoms with Gasteiger partial charge in [-0.05, 0) is 48.0 Å². The highest BCUT2D eigenvalue weighted by Crippen LogP contribution is 2.32. The quantitative estimate of drug-likeness (QED) is 0.848. The molecular formula is C16H16Cl2FNO. The van der Waals surface area contributed by atoms with E-state index >= 15 is 0 Å². The maximum absolute atomic E-state index is 13.9. The highest BCUT2D eigenvalue weighted by molar-refractivity contribution is 6.33. The number of benzene rings is 2. The highest BCUT2D eigenvalue weighted by Gasteiger charge is 2.18. The summed E-state index contributed by atoms with van der Waals surface area (Å²) >= 11 is 12.3. The van der Waals surface area contributed by atoms with Crippen molar-refractivity contribution >= 4 is 23.2 Å². The fourth-order valence-corrected chi connectivity index (χ4v) is 2.62. The number of hydrogen-bond acceptors (Lipinski definition) is 2. The van der Waals surface area contributed by atoms with Crippen molar-refractivity contribution < 1.29 is 9.13 Å². The van der Waals surface area contributed by atoms with Gasteiger partial charge in [0.1, 0.15) is 0 Å². The molecule has 0 saturated heterocycles. The van der Waals surface area contributed by atoms with Crippen LogP contribution in [-0.4, -0.2) is 13.7 Å². The molecule has 21 heavy (non-hydrogen) atoms. The molecule has 0 aromatic heterocycles. The van der Waals surface area contributed by atoms with Crippen molar-refractivity contribution in [1.82, 2.24) is 5.32 Å². The van der Waals surface area contributed by atoms with E-state index in [1.807, 2.05) is 13.0 Å². The fourth-order valence-electron chi connectivity index (χ4n) is 2.21. The second-order valence-electron chi connectivity index (χ2n) is 4.55. The lowest BCUT2D eigenvalue weighted by Gasteiger charge is -2.21. The summed E-state index contributed by atoms with van der Waals surface area (Å²) in [6, 6.07) is 9.89. The molecule has 5 heteroatoms. The largest absolute Gasteiger partial charge is 0.494 e. The zero-order valence-electron chi connectivity index (χ0n) is 11.8. The Morgan fingerprint density at radius 2 is 1.95 bits per heavy atom. The predicted octanol–water partition coefficient (Wildman–Crippen LogP) is 4.84. The molecular weight excluding hydrogens is 312 g/mol. The van der Waals surface area contributed by atoms with Crippen LogP contribution >= 0.6 is 23.2 Å². The first-order chi connectivity index (χ1) is 10.1. The molecule has 1 atom stereocenters. The van der Waals surface area contributed by atoms with Gasteiger partial charge in [0.15, 0.2) is 11.6 Å². The molecule has 0 radical (unpaired) electrons. The predicted molar refractivity (Wildman–Crippen MR) is 84.9 cm³/mol. The van der Waals surface area contributed by atoms with E-state index in [1.54, 1.807) is 24.3 Å². The van der Waals surface area contributed by atoms with Crippen LogP contribution in [0.3, 0.4) is 0 Å². The molecule has 2 aromatic carbocycles. The van der Waals surface area contributed by atoms with Crippen LogP contribution in [0.1, 0.15) is 24.1 Å². The van der Waals surface area contributed by atoms with E-state index in [0.29, 0.717) is 16.6 Å². The summed E-state index contributed by atoms with van der Waals surface area (Å²) in [6.45, 7) is 2.69. The molecule has 0 aliphatic carbocycles. The minimum absolute atomic E-state index is 0.214. The van der Waals surface area contributed by atoms with Crippen molar-refractivity contribution in [2.24, 2.45) is 0 Å². The lowest BCUT2D eigenvalue weighted by Crippen LogP contribution is -2.22. The topological polar surface area (TPSA) is 21.3 Å². The van der Waals surface area contributed by atoms with Crippen molar-refractivity contribution in [3.8, 4) is 5.75 Å². The summed E-state index contributed by atoms with van der Waals surface area (Å²) in [5.41, 5.74) is 1.58. The lowest BCUT2D eigenvalue weighted by atomic mass is 9.98. The maximum Gasteiger partial charge on any atom is 0.165 e. The summed E-state index contributed by atoms with van der Waals surface area (Å²) in [7, 11) is 1.44. The molecule has 0 heterocycles. The minimum Gasteiger partial charge on any atom is -0.494 e. The van der Waals surface area contributed by atoms with Crippen molar-refractivity contribution in [1.29, 1.82) is 0 Å². The molecule has 0 fully saturated rings. The van der Waals surface area contributed by atoms with Gasteiger partial charge in [-0.25, -0.2) is 4.39 Å². The van der Waals surface area contributed by atoms with Gasteiger partial charge < -0.3 is 10.1 Å². The summed E-state index contributed by atoms with van der Waals surface area (Å²) in [5, 5.41) is 4.47. The van der Waals surface area contributed by atoms with Crippen LogP contribution in [-0.2, 0) is 0 Å². The average molecular weight is 328 g/mol. The van der Waals surface area contributed by atoms with Gasteiger partial charge in [0.05, 0.1) is 13.2 Å². The Balaban J connectivity index is 2.48. The summed E-state index contributed by atoms with van der Waals surface area (Å²) in [5.74, 6) is -0.192. The highest BCUT2D eigenvalue weighted by atomic mass is 35.5. The lowest BCUT2D eigenvalue weighted by molar-refractivity contribution is 0.385.